The molecular weight excluding hydrogens is 258 g/mol. The zero-order chi connectivity index (χ0) is 14.3. The summed E-state index contributed by atoms with van der Waals surface area (Å²) in [6, 6.07) is 6.46. The second-order valence-electron chi connectivity index (χ2n) is 5.25. The van der Waals surface area contributed by atoms with Gasteiger partial charge in [-0.3, -0.25) is 9.59 Å². The van der Waals surface area contributed by atoms with Crippen molar-refractivity contribution in [2.24, 2.45) is 11.8 Å². The minimum absolute atomic E-state index is 0.167. The van der Waals surface area contributed by atoms with E-state index >= 15 is 0 Å². The lowest BCUT2D eigenvalue weighted by Gasteiger charge is -2.12. The molecule has 0 N–H and O–H groups in total. The summed E-state index contributed by atoms with van der Waals surface area (Å²) in [5.74, 6) is -1.43. The lowest BCUT2D eigenvalue weighted by atomic mass is 10.1. The van der Waals surface area contributed by atoms with Gasteiger partial charge in [0.1, 0.15) is 0 Å². The number of carbonyl (C=O) groups excluding carboxylic acids is 3. The number of nitrogens with zero attached hydrogens (tertiary/aromatic N) is 1. The molecule has 1 aromatic rings. The molecule has 20 heavy (non-hydrogen) atoms. The number of fused-ring (bicyclic) bond motifs is 1. The van der Waals surface area contributed by atoms with Gasteiger partial charge in [0.05, 0.1) is 17.0 Å². The number of rotatable bonds is 4. The Balaban J connectivity index is 1.70. The Labute approximate surface area is 116 Å². The maximum atomic E-state index is 12.0. The summed E-state index contributed by atoms with van der Waals surface area (Å²) in [6.07, 6.45) is 2.78. The average molecular weight is 273 g/mol. The van der Waals surface area contributed by atoms with Crippen LogP contribution < -0.4 is 0 Å². The zero-order valence-electron chi connectivity index (χ0n) is 11.2. The standard InChI is InChI=1S/C15H15NO4/c1-2-5-9-8-12(9)15(19)20-16-13(17)10-6-3-4-7-11(10)14(16)18/h3-4,6-7,9,12H,2,5,8H2,1H3/t9-,12-/m1/s1. The van der Waals surface area contributed by atoms with Crippen LogP contribution in [0.25, 0.3) is 0 Å². The predicted molar refractivity (Wildman–Crippen MR) is 69.5 cm³/mol. The van der Waals surface area contributed by atoms with Gasteiger partial charge in [0, 0.05) is 0 Å². The first-order valence-electron chi connectivity index (χ1n) is 6.83. The third-order valence-corrected chi connectivity index (χ3v) is 3.82. The topological polar surface area (TPSA) is 63.7 Å². The van der Waals surface area contributed by atoms with Crippen LogP contribution in [0.2, 0.25) is 0 Å². The molecule has 0 bridgehead atoms. The summed E-state index contributed by atoms with van der Waals surface area (Å²) in [7, 11) is 0. The predicted octanol–water partition coefficient (Wildman–Crippen LogP) is 2.18. The van der Waals surface area contributed by atoms with Crippen molar-refractivity contribution >= 4 is 17.8 Å². The van der Waals surface area contributed by atoms with Crippen molar-refractivity contribution in [2.75, 3.05) is 0 Å². The molecule has 5 heteroatoms. The fraction of sp³-hybridized carbons (Fsp3) is 0.400. The largest absolute Gasteiger partial charge is 0.336 e. The molecule has 0 unspecified atom stereocenters. The molecule has 1 saturated carbocycles. The van der Waals surface area contributed by atoms with E-state index in [0.717, 1.165) is 19.3 Å². The molecule has 104 valence electrons. The Morgan fingerprint density at radius 3 is 2.40 bits per heavy atom. The lowest BCUT2D eigenvalue weighted by molar-refractivity contribution is -0.170. The Morgan fingerprint density at radius 2 is 1.85 bits per heavy atom. The van der Waals surface area contributed by atoms with Gasteiger partial charge in [-0.05, 0) is 30.9 Å². The molecular formula is C15H15NO4. The maximum Gasteiger partial charge on any atom is 0.336 e. The van der Waals surface area contributed by atoms with E-state index in [1.165, 1.54) is 0 Å². The monoisotopic (exact) mass is 273 g/mol. The second kappa shape index (κ2) is 4.74. The van der Waals surface area contributed by atoms with Gasteiger partial charge in [-0.15, -0.1) is 0 Å². The number of hydroxylamine groups is 2. The van der Waals surface area contributed by atoms with E-state index < -0.39 is 17.8 Å². The van der Waals surface area contributed by atoms with E-state index in [9.17, 15) is 14.4 Å². The average Bonchev–Trinajstić information content (AvgIpc) is 3.18. The summed E-state index contributed by atoms with van der Waals surface area (Å²) in [5, 5.41) is 0.592. The molecule has 2 amide bonds. The summed E-state index contributed by atoms with van der Waals surface area (Å²) >= 11 is 0. The highest BCUT2D eigenvalue weighted by Gasteiger charge is 2.47. The van der Waals surface area contributed by atoms with E-state index in [1.54, 1.807) is 24.3 Å². The van der Waals surface area contributed by atoms with Gasteiger partial charge in [0.2, 0.25) is 0 Å². The molecule has 1 aliphatic carbocycles. The molecule has 1 heterocycles. The van der Waals surface area contributed by atoms with Crippen LogP contribution in [0.15, 0.2) is 24.3 Å². The van der Waals surface area contributed by atoms with Crippen molar-refractivity contribution in [1.82, 2.24) is 5.06 Å². The molecule has 2 atom stereocenters. The summed E-state index contributed by atoms with van der Waals surface area (Å²) < 4.78 is 0. The van der Waals surface area contributed by atoms with Crippen LogP contribution in [0.4, 0.5) is 0 Å². The van der Waals surface area contributed by atoms with Crippen molar-refractivity contribution in [3.63, 3.8) is 0 Å². The van der Waals surface area contributed by atoms with Gasteiger partial charge in [0.25, 0.3) is 11.8 Å². The van der Waals surface area contributed by atoms with Gasteiger partial charge in [0.15, 0.2) is 0 Å². The van der Waals surface area contributed by atoms with Crippen LogP contribution in [0.5, 0.6) is 0 Å². The van der Waals surface area contributed by atoms with E-state index in [-0.39, 0.29) is 17.0 Å². The molecule has 5 nitrogen and oxygen atoms in total. The normalized spacial score (nSPS) is 23.8. The molecule has 1 fully saturated rings. The molecule has 0 radical (unpaired) electrons. The number of hydrogen-bond acceptors (Lipinski definition) is 4. The third-order valence-electron chi connectivity index (χ3n) is 3.82. The SMILES string of the molecule is CCC[C@@H]1C[C@H]1C(=O)ON1C(=O)c2ccccc2C1=O. The summed E-state index contributed by atoms with van der Waals surface area (Å²) in [6.45, 7) is 2.06. The number of amides is 2. The van der Waals surface area contributed by atoms with Crippen LogP contribution in [-0.2, 0) is 9.63 Å². The smallest absolute Gasteiger partial charge is 0.329 e. The Hall–Kier alpha value is -2.17. The number of hydrogen-bond donors (Lipinski definition) is 0. The van der Waals surface area contributed by atoms with Gasteiger partial charge < -0.3 is 4.84 Å². The van der Waals surface area contributed by atoms with Gasteiger partial charge >= 0.3 is 5.97 Å². The summed E-state index contributed by atoms with van der Waals surface area (Å²) in [4.78, 5) is 41.0. The van der Waals surface area contributed by atoms with Crippen LogP contribution in [0.1, 0.15) is 46.9 Å². The van der Waals surface area contributed by atoms with Crippen molar-refractivity contribution in [3.05, 3.63) is 35.4 Å². The van der Waals surface area contributed by atoms with Crippen LogP contribution in [0, 0.1) is 11.8 Å². The van der Waals surface area contributed by atoms with E-state index in [0.29, 0.717) is 11.0 Å². The minimum Gasteiger partial charge on any atom is -0.329 e. The Bertz CT molecular complexity index is 560. The van der Waals surface area contributed by atoms with Crippen LogP contribution >= 0.6 is 0 Å². The number of imide groups is 1. The second-order valence-corrected chi connectivity index (χ2v) is 5.25. The quantitative estimate of drug-likeness (QED) is 0.789. The third kappa shape index (κ3) is 1.99. The minimum atomic E-state index is -0.563. The van der Waals surface area contributed by atoms with Crippen molar-refractivity contribution in [2.45, 2.75) is 26.2 Å². The first kappa shape index (κ1) is 12.8. The molecule has 0 aromatic heterocycles. The number of carbonyl (C=O) groups is 3. The number of benzene rings is 1. The fourth-order valence-corrected chi connectivity index (χ4v) is 2.63. The highest BCUT2D eigenvalue weighted by Crippen LogP contribution is 2.43. The zero-order valence-corrected chi connectivity index (χ0v) is 11.2. The molecule has 3 rings (SSSR count). The van der Waals surface area contributed by atoms with Gasteiger partial charge in [-0.25, -0.2) is 4.79 Å². The summed E-state index contributed by atoms with van der Waals surface area (Å²) in [5.41, 5.74) is 0.567. The van der Waals surface area contributed by atoms with Gasteiger partial charge in [-0.1, -0.05) is 30.5 Å². The highest BCUT2D eigenvalue weighted by molar-refractivity contribution is 6.20. The van der Waals surface area contributed by atoms with Crippen molar-refractivity contribution in [1.29, 1.82) is 0 Å². The van der Waals surface area contributed by atoms with E-state index in [2.05, 4.69) is 6.92 Å². The molecule has 1 aromatic carbocycles. The molecule has 0 saturated heterocycles. The molecule has 0 spiro atoms. The lowest BCUT2D eigenvalue weighted by Crippen LogP contribution is -2.33. The fourth-order valence-electron chi connectivity index (χ4n) is 2.63. The molecule has 1 aliphatic heterocycles. The Morgan fingerprint density at radius 1 is 1.25 bits per heavy atom. The first-order valence-corrected chi connectivity index (χ1v) is 6.83. The van der Waals surface area contributed by atoms with Crippen molar-refractivity contribution in [3.8, 4) is 0 Å². The Kier molecular flexibility index (Phi) is 3.04. The van der Waals surface area contributed by atoms with Crippen molar-refractivity contribution < 1.29 is 19.2 Å². The maximum absolute atomic E-state index is 12.0. The van der Waals surface area contributed by atoms with Gasteiger partial charge in [-0.2, -0.15) is 0 Å². The van der Waals surface area contributed by atoms with E-state index in [1.807, 2.05) is 0 Å². The highest BCUT2D eigenvalue weighted by atomic mass is 16.7. The van der Waals surface area contributed by atoms with E-state index in [4.69, 9.17) is 4.84 Å². The van der Waals surface area contributed by atoms with Crippen LogP contribution in [-0.4, -0.2) is 22.8 Å². The molecule has 2 aliphatic rings. The first-order chi connectivity index (χ1) is 9.63. The van der Waals surface area contributed by atoms with Crippen LogP contribution in [0.3, 0.4) is 0 Å².